The average Bonchev–Trinajstić information content (AvgIpc) is 2.95. The Morgan fingerprint density at radius 1 is 1.58 bits per heavy atom. The Morgan fingerprint density at radius 2 is 2.37 bits per heavy atom. The van der Waals surface area contributed by atoms with Gasteiger partial charge in [-0.05, 0) is 6.42 Å². The summed E-state index contributed by atoms with van der Waals surface area (Å²) in [4.78, 5) is 24.8. The van der Waals surface area contributed by atoms with Crippen LogP contribution < -0.4 is 5.73 Å². The van der Waals surface area contributed by atoms with E-state index in [0.29, 0.717) is 30.1 Å². The Bertz CT molecular complexity index is 606. The van der Waals surface area contributed by atoms with Crippen LogP contribution in [0.1, 0.15) is 18.7 Å². The van der Waals surface area contributed by atoms with E-state index < -0.39 is 4.92 Å². The number of hydrogen-bond acceptors (Lipinski definition) is 7. The van der Waals surface area contributed by atoms with Gasteiger partial charge >= 0.3 is 5.00 Å². The number of nitro groups is 1. The van der Waals surface area contributed by atoms with Crippen LogP contribution in [0.25, 0.3) is 11.4 Å². The summed E-state index contributed by atoms with van der Waals surface area (Å²) in [7, 11) is 0. The first kappa shape index (κ1) is 13.1. The molecule has 0 aromatic carbocycles. The molecule has 2 heterocycles. The van der Waals surface area contributed by atoms with Gasteiger partial charge in [-0.2, -0.15) is 4.98 Å². The number of amides is 1. The molecule has 9 heteroatoms. The molecule has 0 aliphatic heterocycles. The van der Waals surface area contributed by atoms with E-state index in [-0.39, 0.29) is 17.3 Å². The van der Waals surface area contributed by atoms with Crippen LogP contribution in [0.4, 0.5) is 5.00 Å². The zero-order valence-electron chi connectivity index (χ0n) is 9.74. The number of hydrogen-bond donors (Lipinski definition) is 1. The van der Waals surface area contributed by atoms with Gasteiger partial charge in [0.2, 0.25) is 17.6 Å². The molecule has 0 radical (unpaired) electrons. The van der Waals surface area contributed by atoms with E-state index in [0.717, 1.165) is 11.3 Å². The number of nitrogens with zero attached hydrogens (tertiary/aromatic N) is 3. The van der Waals surface area contributed by atoms with Crippen LogP contribution in [0.15, 0.2) is 16.0 Å². The molecular formula is C10H10N4O4S. The molecular weight excluding hydrogens is 272 g/mol. The van der Waals surface area contributed by atoms with E-state index in [9.17, 15) is 14.9 Å². The Labute approximate surface area is 111 Å². The molecule has 8 nitrogen and oxygen atoms in total. The van der Waals surface area contributed by atoms with Gasteiger partial charge in [-0.3, -0.25) is 14.9 Å². The number of aryl methyl sites for hydroxylation is 1. The van der Waals surface area contributed by atoms with E-state index in [2.05, 4.69) is 10.1 Å². The highest BCUT2D eigenvalue weighted by Crippen LogP contribution is 2.28. The summed E-state index contributed by atoms with van der Waals surface area (Å²) in [6.07, 6.45) is 1.23. The van der Waals surface area contributed by atoms with E-state index in [4.69, 9.17) is 10.3 Å². The van der Waals surface area contributed by atoms with Crippen LogP contribution in [-0.2, 0) is 11.2 Å². The predicted octanol–water partition coefficient (Wildman–Crippen LogP) is 1.51. The van der Waals surface area contributed by atoms with Crippen molar-refractivity contribution in [3.63, 3.8) is 0 Å². The lowest BCUT2D eigenvalue weighted by molar-refractivity contribution is -0.380. The molecule has 0 unspecified atom stereocenters. The van der Waals surface area contributed by atoms with Gasteiger partial charge in [-0.15, -0.1) is 0 Å². The lowest BCUT2D eigenvalue weighted by atomic mass is 10.2. The average molecular weight is 282 g/mol. The largest absolute Gasteiger partial charge is 0.370 e. The van der Waals surface area contributed by atoms with E-state index in [1.54, 1.807) is 5.38 Å². The third-order valence-corrected chi connectivity index (χ3v) is 3.19. The lowest BCUT2D eigenvalue weighted by Crippen LogP contribution is -2.10. The maximum absolute atomic E-state index is 10.6. The molecule has 100 valence electrons. The smallest absolute Gasteiger partial charge is 0.324 e. The van der Waals surface area contributed by atoms with Gasteiger partial charge in [0.25, 0.3) is 0 Å². The topological polar surface area (TPSA) is 125 Å². The molecule has 1 amide bonds. The minimum atomic E-state index is -0.470. The fourth-order valence-corrected chi connectivity index (χ4v) is 2.13. The van der Waals surface area contributed by atoms with Crippen LogP contribution >= 0.6 is 11.3 Å². The molecule has 0 bridgehead atoms. The molecule has 2 N–H and O–H groups in total. The van der Waals surface area contributed by atoms with Crippen molar-refractivity contribution in [2.45, 2.75) is 19.3 Å². The maximum Gasteiger partial charge on any atom is 0.324 e. The van der Waals surface area contributed by atoms with Gasteiger partial charge in [0.15, 0.2) is 0 Å². The van der Waals surface area contributed by atoms with E-state index in [1.165, 1.54) is 6.07 Å². The van der Waals surface area contributed by atoms with E-state index in [1.807, 2.05) is 0 Å². The van der Waals surface area contributed by atoms with Gasteiger partial charge in [0.1, 0.15) is 0 Å². The normalized spacial score (nSPS) is 10.5. The van der Waals surface area contributed by atoms with Crippen molar-refractivity contribution in [1.29, 1.82) is 0 Å². The molecule has 19 heavy (non-hydrogen) atoms. The zero-order valence-corrected chi connectivity index (χ0v) is 10.6. The van der Waals surface area contributed by atoms with Gasteiger partial charge in [0.05, 0.1) is 4.92 Å². The third kappa shape index (κ3) is 3.35. The highest BCUT2D eigenvalue weighted by molar-refractivity contribution is 7.13. The Kier molecular flexibility index (Phi) is 3.85. The Balaban J connectivity index is 2.03. The van der Waals surface area contributed by atoms with Crippen LogP contribution in [0.2, 0.25) is 0 Å². The number of aromatic nitrogens is 2. The van der Waals surface area contributed by atoms with Crippen molar-refractivity contribution in [2.75, 3.05) is 0 Å². The number of carbonyl (C=O) groups excluding carboxylic acids is 1. The molecule has 0 aliphatic carbocycles. The van der Waals surface area contributed by atoms with Crippen molar-refractivity contribution >= 4 is 22.2 Å². The highest BCUT2D eigenvalue weighted by Gasteiger charge is 2.15. The van der Waals surface area contributed by atoms with E-state index >= 15 is 0 Å². The second-order valence-electron chi connectivity index (χ2n) is 3.76. The fraction of sp³-hybridized carbons (Fsp3) is 0.300. The van der Waals surface area contributed by atoms with Gasteiger partial charge in [0, 0.05) is 29.9 Å². The number of rotatable bonds is 6. The minimum Gasteiger partial charge on any atom is -0.370 e. The number of carbonyl (C=O) groups is 1. The molecule has 2 aromatic heterocycles. The Hall–Kier alpha value is -2.29. The summed E-state index contributed by atoms with van der Waals surface area (Å²) in [5.74, 6) is 0.303. The molecule has 2 rings (SSSR count). The molecule has 0 saturated carbocycles. The summed E-state index contributed by atoms with van der Waals surface area (Å²) in [6, 6.07) is 1.39. The molecule has 0 saturated heterocycles. The molecule has 0 spiro atoms. The van der Waals surface area contributed by atoms with Crippen LogP contribution in [0, 0.1) is 10.1 Å². The summed E-state index contributed by atoms with van der Waals surface area (Å²) < 4.78 is 4.99. The molecule has 0 atom stereocenters. The second-order valence-corrected chi connectivity index (χ2v) is 4.65. The second kappa shape index (κ2) is 5.57. The first-order chi connectivity index (χ1) is 9.06. The molecule has 0 fully saturated rings. The Morgan fingerprint density at radius 3 is 3.00 bits per heavy atom. The highest BCUT2D eigenvalue weighted by atomic mass is 32.1. The SMILES string of the molecule is NC(=O)CCCc1nc(-c2csc([N+](=O)[O-])c2)no1. The van der Waals surface area contributed by atoms with Crippen molar-refractivity contribution < 1.29 is 14.2 Å². The predicted molar refractivity (Wildman–Crippen MR) is 66.4 cm³/mol. The molecule has 2 aromatic rings. The molecule has 0 aliphatic rings. The van der Waals surface area contributed by atoms with Crippen LogP contribution in [0.3, 0.4) is 0 Å². The number of primary amides is 1. The zero-order chi connectivity index (χ0) is 13.8. The van der Waals surface area contributed by atoms with Gasteiger partial charge in [-0.1, -0.05) is 16.5 Å². The number of nitrogens with two attached hydrogens (primary N) is 1. The third-order valence-electron chi connectivity index (χ3n) is 2.31. The summed E-state index contributed by atoms with van der Waals surface area (Å²) in [5, 5.41) is 15.9. The van der Waals surface area contributed by atoms with Gasteiger partial charge in [-0.25, -0.2) is 0 Å². The van der Waals surface area contributed by atoms with Crippen molar-refractivity contribution in [3.8, 4) is 11.4 Å². The maximum atomic E-state index is 10.6. The minimum absolute atomic E-state index is 0.0232. The standard InChI is InChI=1S/C10H10N4O4S/c11-7(15)2-1-3-8-12-10(13-18-8)6-4-9(14(16)17)19-5-6/h4-5H,1-3H2,(H2,11,15). The number of thiophene rings is 1. The van der Waals surface area contributed by atoms with Crippen molar-refractivity contribution in [3.05, 3.63) is 27.5 Å². The first-order valence-electron chi connectivity index (χ1n) is 5.40. The van der Waals surface area contributed by atoms with Crippen molar-refractivity contribution in [1.82, 2.24) is 10.1 Å². The fourth-order valence-electron chi connectivity index (χ4n) is 1.43. The van der Waals surface area contributed by atoms with Gasteiger partial charge < -0.3 is 10.3 Å². The van der Waals surface area contributed by atoms with Crippen LogP contribution in [-0.4, -0.2) is 21.0 Å². The monoisotopic (exact) mass is 282 g/mol. The summed E-state index contributed by atoms with van der Waals surface area (Å²) in [5.41, 5.74) is 5.56. The summed E-state index contributed by atoms with van der Waals surface area (Å²) in [6.45, 7) is 0. The van der Waals surface area contributed by atoms with Crippen molar-refractivity contribution in [2.24, 2.45) is 5.73 Å². The quantitative estimate of drug-likeness (QED) is 0.632. The lowest BCUT2D eigenvalue weighted by Gasteiger charge is -1.91. The summed E-state index contributed by atoms with van der Waals surface area (Å²) >= 11 is 1.00. The van der Waals surface area contributed by atoms with Crippen LogP contribution in [0.5, 0.6) is 0 Å². The first-order valence-corrected chi connectivity index (χ1v) is 6.28.